The Balaban J connectivity index is 2.26. The quantitative estimate of drug-likeness (QED) is 0.643. The van der Waals surface area contributed by atoms with Crippen LogP contribution in [0.5, 0.6) is 0 Å². The molecule has 0 bridgehead atoms. The van der Waals surface area contributed by atoms with Crippen LogP contribution in [0, 0.1) is 12.3 Å². The van der Waals surface area contributed by atoms with Gasteiger partial charge in [-0.15, -0.1) is 6.42 Å². The summed E-state index contributed by atoms with van der Waals surface area (Å²) in [6, 6.07) is 0.913. The predicted octanol–water partition coefficient (Wildman–Crippen LogP) is 2.71. The summed E-state index contributed by atoms with van der Waals surface area (Å²) < 4.78 is 0. The van der Waals surface area contributed by atoms with Gasteiger partial charge in [0.15, 0.2) is 0 Å². The second-order valence-corrected chi connectivity index (χ2v) is 4.10. The minimum absolute atomic E-state index is 0.240. The maximum atomic E-state index is 5.35. The second-order valence-electron chi connectivity index (χ2n) is 4.10. The molecule has 1 aliphatic rings. The maximum absolute atomic E-state index is 5.35. The van der Waals surface area contributed by atoms with Crippen LogP contribution < -0.4 is 5.32 Å². The van der Waals surface area contributed by atoms with Crippen LogP contribution in [0.2, 0.25) is 0 Å². The molecule has 0 heterocycles. The van der Waals surface area contributed by atoms with Crippen molar-refractivity contribution in [2.75, 3.05) is 0 Å². The molecule has 0 saturated heterocycles. The smallest absolute Gasteiger partial charge is 0.0660 e. The van der Waals surface area contributed by atoms with Gasteiger partial charge in [-0.05, 0) is 19.8 Å². The van der Waals surface area contributed by atoms with E-state index >= 15 is 0 Å². The zero-order valence-corrected chi connectivity index (χ0v) is 8.68. The highest BCUT2D eigenvalue weighted by atomic mass is 14.9. The van der Waals surface area contributed by atoms with E-state index in [0.29, 0.717) is 6.04 Å². The molecule has 1 rings (SSSR count). The third-order valence-corrected chi connectivity index (χ3v) is 2.84. The summed E-state index contributed by atoms with van der Waals surface area (Å²) in [4.78, 5) is 0. The van der Waals surface area contributed by atoms with Crippen molar-refractivity contribution in [2.24, 2.45) is 0 Å². The molecule has 1 N–H and O–H groups in total. The summed E-state index contributed by atoms with van der Waals surface area (Å²) in [7, 11) is 0. The Hall–Kier alpha value is -0.480. The summed E-state index contributed by atoms with van der Waals surface area (Å²) in [5.41, 5.74) is 0. The molecule has 0 aromatic heterocycles. The SMILES string of the molecule is C#CC(C)NC1CCCCCCC1. The molecule has 1 nitrogen and oxygen atoms in total. The van der Waals surface area contributed by atoms with Gasteiger partial charge in [-0.2, -0.15) is 0 Å². The van der Waals surface area contributed by atoms with Crippen LogP contribution in [0.4, 0.5) is 0 Å². The molecule has 1 aliphatic carbocycles. The third-order valence-electron chi connectivity index (χ3n) is 2.84. The number of nitrogens with one attached hydrogen (secondary N) is 1. The predicted molar refractivity (Wildman–Crippen MR) is 57.5 cm³/mol. The van der Waals surface area contributed by atoms with Crippen LogP contribution >= 0.6 is 0 Å². The van der Waals surface area contributed by atoms with Gasteiger partial charge in [0.2, 0.25) is 0 Å². The minimum Gasteiger partial charge on any atom is -0.301 e. The molecule has 1 atom stereocenters. The lowest BCUT2D eigenvalue weighted by Gasteiger charge is -2.22. The first-order valence-electron chi connectivity index (χ1n) is 5.55. The Morgan fingerprint density at radius 3 is 2.23 bits per heavy atom. The summed E-state index contributed by atoms with van der Waals surface area (Å²) in [5.74, 6) is 2.74. The normalized spacial score (nSPS) is 22.8. The van der Waals surface area contributed by atoms with E-state index in [-0.39, 0.29) is 6.04 Å². The van der Waals surface area contributed by atoms with Crippen LogP contribution in [0.25, 0.3) is 0 Å². The number of terminal acetylenes is 1. The van der Waals surface area contributed by atoms with Gasteiger partial charge < -0.3 is 5.32 Å². The lowest BCUT2D eigenvalue weighted by molar-refractivity contribution is 0.381. The van der Waals surface area contributed by atoms with Crippen molar-refractivity contribution in [3.63, 3.8) is 0 Å². The van der Waals surface area contributed by atoms with Gasteiger partial charge in [0, 0.05) is 6.04 Å². The average molecular weight is 179 g/mol. The first-order chi connectivity index (χ1) is 6.33. The molecule has 0 aromatic rings. The molecular weight excluding hydrogens is 158 g/mol. The highest BCUT2D eigenvalue weighted by Gasteiger charge is 2.11. The molecule has 0 aliphatic heterocycles. The molecule has 0 spiro atoms. The van der Waals surface area contributed by atoms with E-state index in [9.17, 15) is 0 Å². The molecule has 1 unspecified atom stereocenters. The summed E-state index contributed by atoms with van der Waals surface area (Å²) >= 11 is 0. The van der Waals surface area contributed by atoms with Crippen molar-refractivity contribution in [3.05, 3.63) is 0 Å². The van der Waals surface area contributed by atoms with E-state index in [0.717, 1.165) is 0 Å². The van der Waals surface area contributed by atoms with Crippen molar-refractivity contribution in [2.45, 2.75) is 64.0 Å². The van der Waals surface area contributed by atoms with Crippen molar-refractivity contribution in [3.8, 4) is 12.3 Å². The summed E-state index contributed by atoms with van der Waals surface area (Å²) in [5, 5.41) is 3.50. The fourth-order valence-corrected chi connectivity index (χ4v) is 2.02. The van der Waals surface area contributed by atoms with Gasteiger partial charge in [-0.25, -0.2) is 0 Å². The van der Waals surface area contributed by atoms with Crippen LogP contribution in [0.1, 0.15) is 51.9 Å². The fourth-order valence-electron chi connectivity index (χ4n) is 2.02. The monoisotopic (exact) mass is 179 g/mol. The highest BCUT2D eigenvalue weighted by molar-refractivity contribution is 4.97. The third kappa shape index (κ3) is 4.33. The fraction of sp³-hybridized carbons (Fsp3) is 0.833. The Bertz CT molecular complexity index is 160. The number of rotatable bonds is 2. The zero-order chi connectivity index (χ0) is 9.52. The van der Waals surface area contributed by atoms with Crippen LogP contribution in [-0.2, 0) is 0 Å². The summed E-state index contributed by atoms with van der Waals surface area (Å²) in [6.07, 6.45) is 14.9. The van der Waals surface area contributed by atoms with Gasteiger partial charge in [0.25, 0.3) is 0 Å². The van der Waals surface area contributed by atoms with Crippen molar-refractivity contribution < 1.29 is 0 Å². The number of hydrogen-bond acceptors (Lipinski definition) is 1. The van der Waals surface area contributed by atoms with E-state index in [1.54, 1.807) is 0 Å². The topological polar surface area (TPSA) is 12.0 Å². The molecule has 1 heteroatoms. The minimum atomic E-state index is 0.240. The largest absolute Gasteiger partial charge is 0.301 e. The van der Waals surface area contributed by atoms with E-state index < -0.39 is 0 Å². The van der Waals surface area contributed by atoms with Crippen LogP contribution in [-0.4, -0.2) is 12.1 Å². The lowest BCUT2D eigenvalue weighted by Crippen LogP contribution is -2.36. The van der Waals surface area contributed by atoms with Gasteiger partial charge in [0.1, 0.15) is 0 Å². The van der Waals surface area contributed by atoms with E-state index in [4.69, 9.17) is 6.42 Å². The van der Waals surface area contributed by atoms with Gasteiger partial charge in [-0.3, -0.25) is 0 Å². The first-order valence-corrected chi connectivity index (χ1v) is 5.55. The molecule has 0 aromatic carbocycles. The molecule has 13 heavy (non-hydrogen) atoms. The van der Waals surface area contributed by atoms with Crippen molar-refractivity contribution in [1.82, 2.24) is 5.32 Å². The van der Waals surface area contributed by atoms with Crippen LogP contribution in [0.15, 0.2) is 0 Å². The van der Waals surface area contributed by atoms with Crippen LogP contribution in [0.3, 0.4) is 0 Å². The molecule has 1 fully saturated rings. The Labute approximate surface area is 82.3 Å². The molecule has 0 amide bonds. The van der Waals surface area contributed by atoms with Gasteiger partial charge in [-0.1, -0.05) is 38.0 Å². The Morgan fingerprint density at radius 2 is 1.69 bits per heavy atom. The Kier molecular flexibility index (Phi) is 4.93. The number of hydrogen-bond donors (Lipinski definition) is 1. The second kappa shape index (κ2) is 6.05. The summed E-state index contributed by atoms with van der Waals surface area (Å²) in [6.45, 7) is 2.07. The zero-order valence-electron chi connectivity index (χ0n) is 8.68. The molecule has 74 valence electrons. The average Bonchev–Trinajstić information content (AvgIpc) is 2.09. The standard InChI is InChI=1S/C12H21N/c1-3-11(2)13-12-9-7-5-4-6-8-10-12/h1,11-13H,4-10H2,2H3. The molecule has 0 radical (unpaired) electrons. The van der Waals surface area contributed by atoms with Crippen molar-refractivity contribution >= 4 is 0 Å². The maximum Gasteiger partial charge on any atom is 0.0660 e. The van der Waals surface area contributed by atoms with Crippen molar-refractivity contribution in [1.29, 1.82) is 0 Å². The van der Waals surface area contributed by atoms with Gasteiger partial charge in [0.05, 0.1) is 6.04 Å². The highest BCUT2D eigenvalue weighted by Crippen LogP contribution is 2.17. The molecular formula is C12H21N. The Morgan fingerprint density at radius 1 is 1.15 bits per heavy atom. The van der Waals surface area contributed by atoms with E-state index in [2.05, 4.69) is 18.2 Å². The van der Waals surface area contributed by atoms with E-state index in [1.165, 1.54) is 44.9 Å². The lowest BCUT2D eigenvalue weighted by atomic mass is 9.96. The molecule has 1 saturated carbocycles. The van der Waals surface area contributed by atoms with E-state index in [1.807, 2.05) is 0 Å². The first kappa shape index (κ1) is 10.6. The van der Waals surface area contributed by atoms with Gasteiger partial charge >= 0.3 is 0 Å².